The van der Waals surface area contributed by atoms with E-state index in [1.807, 2.05) is 0 Å². The molecule has 0 aliphatic carbocycles. The first kappa shape index (κ1) is 43.6. The number of benzene rings is 2. The quantitative estimate of drug-likeness (QED) is 0.0234. The van der Waals surface area contributed by atoms with Gasteiger partial charge in [-0.05, 0) is 87.5 Å². The largest absolute Gasteiger partial charge is 0.508 e. The molecule has 2 aromatic carbocycles. The maximum absolute atomic E-state index is 12.9. The molecule has 0 saturated heterocycles. The van der Waals surface area contributed by atoms with Crippen molar-refractivity contribution in [1.29, 1.82) is 0 Å². The normalized spacial score (nSPS) is 12.4. The summed E-state index contributed by atoms with van der Waals surface area (Å²) in [4.78, 5) is 49.5. The van der Waals surface area contributed by atoms with E-state index in [9.17, 15) is 24.3 Å². The molecule has 14 heteroatoms. The Balaban J connectivity index is 2.04. The number of hydrogen-bond donors (Lipinski definition) is 4. The summed E-state index contributed by atoms with van der Waals surface area (Å²) in [5, 5.41) is 18.5. The van der Waals surface area contributed by atoms with Gasteiger partial charge >= 0.3 is 18.0 Å². The topological polar surface area (TPSA) is 180 Å². The Morgan fingerprint density at radius 2 is 1.41 bits per heavy atom. The van der Waals surface area contributed by atoms with Crippen molar-refractivity contribution in [3.05, 3.63) is 119 Å². The van der Waals surface area contributed by atoms with Gasteiger partial charge in [0.15, 0.2) is 35.5 Å². The summed E-state index contributed by atoms with van der Waals surface area (Å²) < 4.78 is 31.6. The molecule has 288 valence electrons. The number of amides is 1. The highest BCUT2D eigenvalue weighted by Gasteiger charge is 2.15. The van der Waals surface area contributed by atoms with Crippen molar-refractivity contribution < 1.29 is 52.7 Å². The number of rotatable bonds is 20. The first-order chi connectivity index (χ1) is 25.9. The Hall–Kier alpha value is -6.54. The van der Waals surface area contributed by atoms with Crippen LogP contribution < -0.4 is 34.9 Å². The smallest absolute Gasteiger partial charge is 0.409 e. The molecule has 1 amide bonds. The predicted molar refractivity (Wildman–Crippen MR) is 205 cm³/mol. The minimum Gasteiger partial charge on any atom is -0.508 e. The van der Waals surface area contributed by atoms with E-state index in [1.54, 1.807) is 95.6 Å². The van der Waals surface area contributed by atoms with E-state index in [-0.39, 0.29) is 47.1 Å². The molecular formula is C40H47N3O11. The van der Waals surface area contributed by atoms with Crippen molar-refractivity contribution in [2.75, 3.05) is 34.8 Å². The average Bonchev–Trinajstić information content (AvgIpc) is 3.14. The van der Waals surface area contributed by atoms with E-state index >= 15 is 0 Å². The number of alkyl carbamates (subject to hydrolysis) is 1. The Labute approximate surface area is 315 Å². The fraction of sp³-hybridized carbons (Fsp3) is 0.250. The molecule has 0 saturated carbocycles. The highest BCUT2D eigenvalue weighted by molar-refractivity contribution is 6.02. The number of methoxy groups -OCH3 is 3. The minimum absolute atomic E-state index is 0.0846. The molecular weight excluding hydrogens is 698 g/mol. The van der Waals surface area contributed by atoms with E-state index in [2.05, 4.69) is 16.0 Å². The SMILES string of the molecule is C/C=C\C(=C/NCOC(=O)NC(C)C)C(=O)Oc1ccc(/C=C/C(=O)/C=C(O)/C=C/c2ccc(OC(=O)/C(C)=C/C=C\NCOC)c(OC)c2)cc1OC. The van der Waals surface area contributed by atoms with Gasteiger partial charge in [-0.1, -0.05) is 42.5 Å². The standard InChI is InChI=1S/C40H47N3O11/c1-8-10-31(24-42-26-52-40(48)43-27(2)3)39(47)54-35-19-15-30(22-37(35)51-7)13-17-33(45)23-32(44)16-12-29-14-18-34(36(21-29)50-6)53-38(46)28(4)11-9-20-41-25-49-5/h8-24,27,41-42,44H,25-26H2,1-7H3,(H,43,48)/b10-8-,16-12+,17-13+,20-9-,28-11+,31-24+,32-23-. The summed E-state index contributed by atoms with van der Waals surface area (Å²) >= 11 is 0. The number of ketones is 1. The van der Waals surface area contributed by atoms with E-state index in [0.717, 1.165) is 6.08 Å². The Kier molecular flexibility index (Phi) is 19.3. The summed E-state index contributed by atoms with van der Waals surface area (Å²) in [6.45, 7) is 7.10. The monoisotopic (exact) mass is 745 g/mol. The molecule has 0 spiro atoms. The number of esters is 2. The third kappa shape index (κ3) is 16.2. The van der Waals surface area contributed by atoms with Crippen LogP contribution in [0.5, 0.6) is 23.0 Å². The third-order valence-electron chi connectivity index (χ3n) is 6.60. The molecule has 0 radical (unpaired) electrons. The number of aliphatic hydroxyl groups excluding tert-OH is 1. The molecule has 0 atom stereocenters. The maximum atomic E-state index is 12.9. The fourth-order valence-electron chi connectivity index (χ4n) is 4.04. The van der Waals surface area contributed by atoms with Crippen LogP contribution in [0.4, 0.5) is 4.79 Å². The summed E-state index contributed by atoms with van der Waals surface area (Å²) in [7, 11) is 4.39. The summed E-state index contributed by atoms with van der Waals surface area (Å²) in [6.07, 6.45) is 15.5. The molecule has 0 bridgehead atoms. The summed E-state index contributed by atoms with van der Waals surface area (Å²) in [5.41, 5.74) is 1.67. The first-order valence-electron chi connectivity index (χ1n) is 16.6. The van der Waals surface area contributed by atoms with Gasteiger partial charge in [0.25, 0.3) is 0 Å². The molecule has 4 N–H and O–H groups in total. The van der Waals surface area contributed by atoms with Gasteiger partial charge in [0, 0.05) is 31.0 Å². The van der Waals surface area contributed by atoms with Crippen LogP contribution in [-0.4, -0.2) is 69.8 Å². The zero-order valence-corrected chi connectivity index (χ0v) is 31.3. The number of allylic oxidation sites excluding steroid dienone is 6. The molecule has 0 aliphatic rings. The zero-order valence-electron chi connectivity index (χ0n) is 31.3. The van der Waals surface area contributed by atoms with Crippen LogP contribution in [0, 0.1) is 0 Å². The van der Waals surface area contributed by atoms with Crippen LogP contribution >= 0.6 is 0 Å². The summed E-state index contributed by atoms with van der Waals surface area (Å²) in [6, 6.07) is 9.42. The molecule has 0 heterocycles. The lowest BCUT2D eigenvalue weighted by atomic mass is 10.1. The van der Waals surface area contributed by atoms with Crippen LogP contribution in [0.2, 0.25) is 0 Å². The average molecular weight is 746 g/mol. The van der Waals surface area contributed by atoms with Crippen LogP contribution in [0.1, 0.15) is 38.8 Å². The van der Waals surface area contributed by atoms with Crippen molar-refractivity contribution in [2.45, 2.75) is 33.7 Å². The molecule has 54 heavy (non-hydrogen) atoms. The molecule has 0 unspecified atom stereocenters. The van der Waals surface area contributed by atoms with Crippen molar-refractivity contribution in [1.82, 2.24) is 16.0 Å². The van der Waals surface area contributed by atoms with Gasteiger partial charge in [0.05, 0.1) is 19.8 Å². The lowest BCUT2D eigenvalue weighted by Gasteiger charge is -2.11. The van der Waals surface area contributed by atoms with Gasteiger partial charge in [0.2, 0.25) is 0 Å². The Bertz CT molecular complexity index is 1820. The van der Waals surface area contributed by atoms with Crippen LogP contribution in [0.15, 0.2) is 108 Å². The van der Waals surface area contributed by atoms with Crippen molar-refractivity contribution >= 4 is 36.0 Å². The van der Waals surface area contributed by atoms with Gasteiger partial charge in [-0.15, -0.1) is 0 Å². The second kappa shape index (κ2) is 23.8. The first-order valence-corrected chi connectivity index (χ1v) is 16.6. The predicted octanol–water partition coefficient (Wildman–Crippen LogP) is 6.05. The number of aliphatic hydroxyl groups is 1. The van der Waals surface area contributed by atoms with Crippen molar-refractivity contribution in [2.24, 2.45) is 0 Å². The number of nitrogens with one attached hydrogen (secondary N) is 3. The summed E-state index contributed by atoms with van der Waals surface area (Å²) in [5.74, 6) is -1.22. The van der Waals surface area contributed by atoms with Crippen molar-refractivity contribution in [3.63, 3.8) is 0 Å². The second-order valence-corrected chi connectivity index (χ2v) is 11.3. The van der Waals surface area contributed by atoms with Gasteiger partial charge in [-0.2, -0.15) is 0 Å². The Morgan fingerprint density at radius 3 is 1.98 bits per heavy atom. The molecule has 0 fully saturated rings. The van der Waals surface area contributed by atoms with Crippen LogP contribution in [0.3, 0.4) is 0 Å². The lowest BCUT2D eigenvalue weighted by Crippen LogP contribution is -2.32. The van der Waals surface area contributed by atoms with Crippen LogP contribution in [-0.2, 0) is 23.9 Å². The van der Waals surface area contributed by atoms with E-state index in [1.165, 1.54) is 50.8 Å². The van der Waals surface area contributed by atoms with Gasteiger partial charge in [-0.3, -0.25) is 4.79 Å². The van der Waals surface area contributed by atoms with E-state index < -0.39 is 23.8 Å². The van der Waals surface area contributed by atoms with Gasteiger partial charge < -0.3 is 49.5 Å². The third-order valence-corrected chi connectivity index (χ3v) is 6.60. The van der Waals surface area contributed by atoms with Gasteiger partial charge in [-0.25, -0.2) is 14.4 Å². The second-order valence-electron chi connectivity index (χ2n) is 11.3. The number of carbonyl (C=O) groups is 4. The highest BCUT2D eigenvalue weighted by Crippen LogP contribution is 2.30. The van der Waals surface area contributed by atoms with Crippen LogP contribution in [0.25, 0.3) is 12.2 Å². The highest BCUT2D eigenvalue weighted by atomic mass is 16.6. The zero-order chi connectivity index (χ0) is 39.9. The van der Waals surface area contributed by atoms with E-state index in [0.29, 0.717) is 23.4 Å². The fourth-order valence-corrected chi connectivity index (χ4v) is 4.04. The molecule has 0 aromatic heterocycles. The number of ether oxygens (including phenoxy) is 6. The van der Waals surface area contributed by atoms with Gasteiger partial charge in [0.1, 0.15) is 12.5 Å². The molecule has 2 rings (SSSR count). The maximum Gasteiger partial charge on any atom is 0.409 e. The molecule has 0 aliphatic heterocycles. The molecule has 14 nitrogen and oxygen atoms in total. The van der Waals surface area contributed by atoms with Crippen molar-refractivity contribution in [3.8, 4) is 23.0 Å². The minimum atomic E-state index is -0.699. The molecule has 2 aromatic rings. The lowest BCUT2D eigenvalue weighted by molar-refractivity contribution is -0.131. The van der Waals surface area contributed by atoms with E-state index in [4.69, 9.17) is 28.4 Å². The number of carbonyl (C=O) groups excluding carboxylic acids is 4. The number of hydrogen-bond acceptors (Lipinski definition) is 13. The Morgan fingerprint density at radius 1 is 0.796 bits per heavy atom.